The van der Waals surface area contributed by atoms with Gasteiger partial charge in [0.25, 0.3) is 5.91 Å². The van der Waals surface area contributed by atoms with Crippen LogP contribution in [0.5, 0.6) is 0 Å². The van der Waals surface area contributed by atoms with Gasteiger partial charge in [0.15, 0.2) is 0 Å². The molecule has 0 spiro atoms. The van der Waals surface area contributed by atoms with E-state index in [0.29, 0.717) is 11.6 Å². The summed E-state index contributed by atoms with van der Waals surface area (Å²) < 4.78 is 0. The molecule has 1 atom stereocenters. The molecule has 0 aliphatic heterocycles. The first kappa shape index (κ1) is 13.9. The van der Waals surface area contributed by atoms with Gasteiger partial charge in [0.1, 0.15) is 11.5 Å². The molecule has 1 amide bonds. The van der Waals surface area contributed by atoms with Crippen LogP contribution in [0.15, 0.2) is 12.3 Å². The van der Waals surface area contributed by atoms with Crippen molar-refractivity contribution < 1.29 is 9.90 Å². The molecule has 0 bridgehead atoms. The Morgan fingerprint density at radius 3 is 2.84 bits per heavy atom. The summed E-state index contributed by atoms with van der Waals surface area (Å²) in [6, 6.07) is 1.60. The van der Waals surface area contributed by atoms with Gasteiger partial charge in [-0.25, -0.2) is 9.97 Å². The lowest BCUT2D eigenvalue weighted by Gasteiger charge is -2.27. The molecule has 2 rings (SSSR count). The molecule has 19 heavy (non-hydrogen) atoms. The van der Waals surface area contributed by atoms with E-state index >= 15 is 0 Å². The lowest BCUT2D eigenvalue weighted by Crippen LogP contribution is -2.44. The number of amides is 1. The number of hydrogen-bond acceptors (Lipinski definition) is 4. The monoisotopic (exact) mass is 263 g/mol. The normalized spacial score (nSPS) is 18.2. The van der Waals surface area contributed by atoms with Crippen molar-refractivity contribution in [2.24, 2.45) is 5.92 Å². The number of hydrogen-bond donors (Lipinski definition) is 2. The first-order valence-electron chi connectivity index (χ1n) is 6.73. The van der Waals surface area contributed by atoms with Gasteiger partial charge in [0.05, 0.1) is 5.60 Å². The van der Waals surface area contributed by atoms with Crippen LogP contribution in [0.25, 0.3) is 0 Å². The van der Waals surface area contributed by atoms with Crippen molar-refractivity contribution in [1.82, 2.24) is 15.3 Å². The third-order valence-electron chi connectivity index (χ3n) is 3.70. The zero-order valence-corrected chi connectivity index (χ0v) is 11.7. The van der Waals surface area contributed by atoms with E-state index < -0.39 is 5.60 Å². The summed E-state index contributed by atoms with van der Waals surface area (Å²) in [5.74, 6) is 0.986. The van der Waals surface area contributed by atoms with Crippen molar-refractivity contribution in [3.8, 4) is 0 Å². The van der Waals surface area contributed by atoms with Crippen LogP contribution in [0.1, 0.15) is 55.8 Å². The van der Waals surface area contributed by atoms with Gasteiger partial charge in [-0.3, -0.25) is 4.79 Å². The van der Waals surface area contributed by atoms with Crippen LogP contribution in [-0.4, -0.2) is 33.1 Å². The smallest absolute Gasteiger partial charge is 0.270 e. The molecular formula is C14H21N3O2. The highest BCUT2D eigenvalue weighted by Crippen LogP contribution is 2.37. The minimum atomic E-state index is -0.915. The number of aliphatic hydroxyl groups is 1. The summed E-state index contributed by atoms with van der Waals surface area (Å²) in [5.41, 5.74) is -0.543. The van der Waals surface area contributed by atoms with Crippen LogP contribution in [0.3, 0.4) is 0 Å². The third-order valence-corrected chi connectivity index (χ3v) is 3.70. The van der Waals surface area contributed by atoms with E-state index in [2.05, 4.69) is 15.3 Å². The maximum absolute atomic E-state index is 12.0. The zero-order valence-electron chi connectivity index (χ0n) is 11.7. The lowest BCUT2D eigenvalue weighted by molar-refractivity contribution is 0.0142. The molecule has 1 fully saturated rings. The van der Waals surface area contributed by atoms with E-state index in [1.165, 1.54) is 0 Å². The van der Waals surface area contributed by atoms with Crippen LogP contribution < -0.4 is 5.32 Å². The molecular weight excluding hydrogens is 242 g/mol. The second-order valence-electron chi connectivity index (χ2n) is 5.77. The standard InChI is InChI=1S/C14H21N3O2/c1-9(2)14(3,19)8-16-13(18)11-6-7-15-12(17-11)10-4-5-10/h6-7,9-10,19H,4-5,8H2,1-3H3,(H,16,18). The molecule has 2 N–H and O–H groups in total. The van der Waals surface area contributed by atoms with E-state index in [1.807, 2.05) is 13.8 Å². The Kier molecular flexibility index (Phi) is 3.85. The van der Waals surface area contributed by atoms with Crippen LogP contribution in [-0.2, 0) is 0 Å². The Labute approximate surface area is 113 Å². The minimum Gasteiger partial charge on any atom is -0.388 e. The number of nitrogens with zero attached hydrogens (tertiary/aromatic N) is 2. The largest absolute Gasteiger partial charge is 0.388 e. The Balaban J connectivity index is 1.98. The fourth-order valence-electron chi connectivity index (χ4n) is 1.59. The van der Waals surface area contributed by atoms with Crippen LogP contribution in [0.2, 0.25) is 0 Å². The summed E-state index contributed by atoms with van der Waals surface area (Å²) in [6.07, 6.45) is 3.83. The van der Waals surface area contributed by atoms with Crippen molar-refractivity contribution in [3.63, 3.8) is 0 Å². The van der Waals surface area contributed by atoms with E-state index in [-0.39, 0.29) is 18.4 Å². The average molecular weight is 263 g/mol. The summed E-state index contributed by atoms with van der Waals surface area (Å²) in [4.78, 5) is 20.5. The molecule has 104 valence electrons. The maximum atomic E-state index is 12.0. The van der Waals surface area contributed by atoms with Gasteiger partial charge in [0, 0.05) is 18.7 Å². The fourth-order valence-corrected chi connectivity index (χ4v) is 1.59. The van der Waals surface area contributed by atoms with Gasteiger partial charge in [-0.2, -0.15) is 0 Å². The molecule has 1 aliphatic rings. The molecule has 1 heterocycles. The Morgan fingerprint density at radius 1 is 1.58 bits per heavy atom. The van der Waals surface area contributed by atoms with Crippen molar-refractivity contribution in [2.45, 2.75) is 45.1 Å². The molecule has 1 saturated carbocycles. The van der Waals surface area contributed by atoms with E-state index in [0.717, 1.165) is 18.7 Å². The van der Waals surface area contributed by atoms with Gasteiger partial charge >= 0.3 is 0 Å². The first-order chi connectivity index (χ1) is 8.90. The van der Waals surface area contributed by atoms with E-state index in [9.17, 15) is 9.90 Å². The summed E-state index contributed by atoms with van der Waals surface area (Å²) >= 11 is 0. The number of nitrogens with one attached hydrogen (secondary N) is 1. The van der Waals surface area contributed by atoms with Crippen molar-refractivity contribution in [1.29, 1.82) is 0 Å². The highest BCUT2D eigenvalue weighted by atomic mass is 16.3. The second-order valence-corrected chi connectivity index (χ2v) is 5.77. The van der Waals surface area contributed by atoms with E-state index in [4.69, 9.17) is 0 Å². The topological polar surface area (TPSA) is 75.1 Å². The molecule has 1 aromatic heterocycles. The van der Waals surface area contributed by atoms with Crippen molar-refractivity contribution in [3.05, 3.63) is 23.8 Å². The number of aromatic nitrogens is 2. The second kappa shape index (κ2) is 5.25. The quantitative estimate of drug-likeness (QED) is 0.844. The number of rotatable bonds is 5. The van der Waals surface area contributed by atoms with Crippen LogP contribution in [0, 0.1) is 5.92 Å². The summed E-state index contributed by atoms with van der Waals surface area (Å²) in [7, 11) is 0. The zero-order chi connectivity index (χ0) is 14.0. The average Bonchev–Trinajstić information content (AvgIpc) is 3.20. The fraction of sp³-hybridized carbons (Fsp3) is 0.643. The summed E-state index contributed by atoms with van der Waals surface area (Å²) in [6.45, 7) is 5.77. The van der Waals surface area contributed by atoms with Crippen molar-refractivity contribution in [2.75, 3.05) is 6.54 Å². The van der Waals surface area contributed by atoms with Gasteiger partial charge in [-0.15, -0.1) is 0 Å². The molecule has 5 nitrogen and oxygen atoms in total. The maximum Gasteiger partial charge on any atom is 0.270 e. The lowest BCUT2D eigenvalue weighted by atomic mass is 9.92. The highest BCUT2D eigenvalue weighted by Gasteiger charge is 2.28. The Bertz CT molecular complexity index is 468. The Hall–Kier alpha value is -1.49. The minimum absolute atomic E-state index is 0.0697. The SMILES string of the molecule is CC(C)C(C)(O)CNC(=O)c1ccnc(C2CC2)n1. The van der Waals surface area contributed by atoms with Crippen molar-refractivity contribution >= 4 is 5.91 Å². The molecule has 5 heteroatoms. The molecule has 0 radical (unpaired) electrons. The van der Waals surface area contributed by atoms with Gasteiger partial charge in [-0.1, -0.05) is 13.8 Å². The van der Waals surface area contributed by atoms with Crippen LogP contribution in [0.4, 0.5) is 0 Å². The molecule has 0 aromatic carbocycles. The third kappa shape index (κ3) is 3.50. The van der Waals surface area contributed by atoms with Gasteiger partial charge in [0.2, 0.25) is 0 Å². The predicted octanol–water partition coefficient (Wildman–Crippen LogP) is 1.49. The van der Waals surface area contributed by atoms with E-state index in [1.54, 1.807) is 19.2 Å². The molecule has 0 saturated heterocycles. The van der Waals surface area contributed by atoms with Gasteiger partial charge in [-0.05, 0) is 31.7 Å². The molecule has 1 unspecified atom stereocenters. The number of carbonyl (C=O) groups is 1. The predicted molar refractivity (Wildman–Crippen MR) is 71.8 cm³/mol. The van der Waals surface area contributed by atoms with Gasteiger partial charge < -0.3 is 10.4 Å². The first-order valence-corrected chi connectivity index (χ1v) is 6.73. The number of carbonyl (C=O) groups excluding carboxylic acids is 1. The van der Waals surface area contributed by atoms with Crippen LogP contribution >= 0.6 is 0 Å². The molecule has 1 aliphatic carbocycles. The highest BCUT2D eigenvalue weighted by molar-refractivity contribution is 5.92. The Morgan fingerprint density at radius 2 is 2.26 bits per heavy atom. The molecule has 1 aromatic rings. The summed E-state index contributed by atoms with van der Waals surface area (Å²) in [5, 5.41) is 12.8.